The molecule has 0 fully saturated rings. The molecule has 0 aliphatic heterocycles. The number of ether oxygens (including phenoxy) is 1. The molecule has 2 aromatic rings. The van der Waals surface area contributed by atoms with Crippen molar-refractivity contribution in [2.45, 2.75) is 39.7 Å². The molecule has 0 spiro atoms. The quantitative estimate of drug-likeness (QED) is 0.865. The van der Waals surface area contributed by atoms with E-state index in [1.807, 2.05) is 25.1 Å². The maximum atomic E-state index is 5.86. The van der Waals surface area contributed by atoms with Crippen LogP contribution in [-0.2, 0) is 12.0 Å². The van der Waals surface area contributed by atoms with Crippen LogP contribution in [0.2, 0.25) is 0 Å². The third-order valence-corrected chi connectivity index (χ3v) is 3.82. The van der Waals surface area contributed by atoms with Gasteiger partial charge in [-0.15, -0.1) is 11.3 Å². The molecule has 4 heteroatoms. The Bertz CT molecular complexity index is 570. The highest BCUT2D eigenvalue weighted by atomic mass is 32.1. The number of aromatic nitrogens is 1. The van der Waals surface area contributed by atoms with Gasteiger partial charge in [0.05, 0.1) is 5.69 Å². The van der Waals surface area contributed by atoms with Crippen molar-refractivity contribution in [2.75, 3.05) is 5.73 Å². The average Bonchev–Trinajstić information content (AvgIpc) is 2.79. The van der Waals surface area contributed by atoms with Crippen LogP contribution in [-0.4, -0.2) is 4.98 Å². The van der Waals surface area contributed by atoms with E-state index < -0.39 is 0 Å². The summed E-state index contributed by atoms with van der Waals surface area (Å²) in [5.41, 5.74) is 8.79. The number of rotatable bonds is 3. The minimum Gasteiger partial charge on any atom is -0.486 e. The third kappa shape index (κ3) is 3.26. The number of nitrogen functional groups attached to an aromatic ring is 1. The van der Waals surface area contributed by atoms with Gasteiger partial charge in [0.25, 0.3) is 0 Å². The van der Waals surface area contributed by atoms with Crippen LogP contribution in [0.5, 0.6) is 5.75 Å². The molecule has 3 nitrogen and oxygen atoms in total. The van der Waals surface area contributed by atoms with Gasteiger partial charge in [0.2, 0.25) is 0 Å². The summed E-state index contributed by atoms with van der Waals surface area (Å²) in [6, 6.07) is 5.72. The minimum absolute atomic E-state index is 0.0852. The molecule has 2 N–H and O–H groups in total. The molecule has 19 heavy (non-hydrogen) atoms. The Morgan fingerprint density at radius 2 is 2.05 bits per heavy atom. The maximum Gasteiger partial charge on any atom is 0.140 e. The minimum atomic E-state index is 0.0852. The molecule has 1 heterocycles. The monoisotopic (exact) mass is 276 g/mol. The summed E-state index contributed by atoms with van der Waals surface area (Å²) in [6.45, 7) is 8.94. The lowest BCUT2D eigenvalue weighted by atomic mass is 9.93. The van der Waals surface area contributed by atoms with Crippen LogP contribution in [0.15, 0.2) is 23.6 Å². The molecule has 1 aromatic carbocycles. The van der Waals surface area contributed by atoms with Crippen molar-refractivity contribution < 1.29 is 4.74 Å². The molecule has 0 aliphatic rings. The molecule has 0 unspecified atom stereocenters. The first-order valence-electron chi connectivity index (χ1n) is 6.30. The molecule has 0 amide bonds. The smallest absolute Gasteiger partial charge is 0.140 e. The summed E-state index contributed by atoms with van der Waals surface area (Å²) in [6.07, 6.45) is 0. The van der Waals surface area contributed by atoms with Gasteiger partial charge in [-0.05, 0) is 19.1 Å². The number of hydrogen-bond donors (Lipinski definition) is 1. The van der Waals surface area contributed by atoms with Crippen LogP contribution >= 0.6 is 11.3 Å². The standard InChI is InChI=1S/C15H20N2OS/c1-10-11(16)6-5-7-12(10)18-8-14-17-13(9-19-14)15(2,3)4/h5-7,9H,8,16H2,1-4H3. The highest BCUT2D eigenvalue weighted by Crippen LogP contribution is 2.26. The van der Waals surface area contributed by atoms with Crippen molar-refractivity contribution in [2.24, 2.45) is 0 Å². The van der Waals surface area contributed by atoms with E-state index in [9.17, 15) is 0 Å². The first kappa shape index (κ1) is 13.9. The van der Waals surface area contributed by atoms with Crippen molar-refractivity contribution in [3.05, 3.63) is 39.8 Å². The van der Waals surface area contributed by atoms with Crippen molar-refractivity contribution >= 4 is 17.0 Å². The molecule has 0 saturated heterocycles. The number of anilines is 1. The van der Waals surface area contributed by atoms with Gasteiger partial charge in [0.15, 0.2) is 0 Å². The lowest BCUT2D eigenvalue weighted by Gasteiger charge is -2.14. The second-order valence-electron chi connectivity index (χ2n) is 5.64. The normalized spacial score (nSPS) is 11.6. The van der Waals surface area contributed by atoms with E-state index in [0.29, 0.717) is 6.61 Å². The fourth-order valence-corrected chi connectivity index (χ4v) is 2.58. The molecule has 0 saturated carbocycles. The van der Waals surface area contributed by atoms with Crippen LogP contribution in [0.1, 0.15) is 37.0 Å². The number of hydrogen-bond acceptors (Lipinski definition) is 4. The Hall–Kier alpha value is -1.55. The van der Waals surface area contributed by atoms with E-state index in [1.54, 1.807) is 11.3 Å². The van der Waals surface area contributed by atoms with Crippen LogP contribution in [0, 0.1) is 6.92 Å². The average molecular weight is 276 g/mol. The van der Waals surface area contributed by atoms with E-state index in [0.717, 1.165) is 27.7 Å². The number of nitrogens with two attached hydrogens (primary N) is 1. The molecular formula is C15H20N2OS. The first-order chi connectivity index (χ1) is 8.88. The van der Waals surface area contributed by atoms with Crippen LogP contribution < -0.4 is 10.5 Å². The van der Waals surface area contributed by atoms with E-state index in [2.05, 4.69) is 31.1 Å². The number of nitrogens with zero attached hydrogens (tertiary/aromatic N) is 1. The van der Waals surface area contributed by atoms with Crippen molar-refractivity contribution in [1.29, 1.82) is 0 Å². The van der Waals surface area contributed by atoms with Crippen LogP contribution in [0.25, 0.3) is 0 Å². The zero-order valence-electron chi connectivity index (χ0n) is 11.9. The SMILES string of the molecule is Cc1c(N)cccc1OCc1nc(C(C)(C)C)cs1. The largest absolute Gasteiger partial charge is 0.486 e. The third-order valence-electron chi connectivity index (χ3n) is 3.00. The molecule has 0 bridgehead atoms. The summed E-state index contributed by atoms with van der Waals surface area (Å²) in [7, 11) is 0. The second-order valence-corrected chi connectivity index (χ2v) is 6.58. The molecule has 0 aliphatic carbocycles. The lowest BCUT2D eigenvalue weighted by molar-refractivity contribution is 0.303. The molecule has 102 valence electrons. The van der Waals surface area contributed by atoms with Crippen LogP contribution in [0.3, 0.4) is 0 Å². The Labute approximate surface area is 118 Å². The Morgan fingerprint density at radius 3 is 2.68 bits per heavy atom. The molecule has 2 rings (SSSR count). The zero-order chi connectivity index (χ0) is 14.0. The van der Waals surface area contributed by atoms with Gasteiger partial charge >= 0.3 is 0 Å². The highest BCUT2D eigenvalue weighted by Gasteiger charge is 2.17. The fourth-order valence-electron chi connectivity index (χ4n) is 1.65. The van der Waals surface area contributed by atoms with Gasteiger partial charge in [-0.3, -0.25) is 0 Å². The Morgan fingerprint density at radius 1 is 1.32 bits per heavy atom. The summed E-state index contributed by atoms with van der Waals surface area (Å²) in [5, 5.41) is 3.09. The molecule has 0 atom stereocenters. The predicted molar refractivity (Wildman–Crippen MR) is 80.7 cm³/mol. The summed E-state index contributed by atoms with van der Waals surface area (Å²) >= 11 is 1.64. The van der Waals surface area contributed by atoms with E-state index in [4.69, 9.17) is 10.5 Å². The summed E-state index contributed by atoms with van der Waals surface area (Å²) < 4.78 is 5.80. The van der Waals surface area contributed by atoms with Crippen molar-refractivity contribution in [1.82, 2.24) is 4.98 Å². The van der Waals surface area contributed by atoms with Gasteiger partial charge < -0.3 is 10.5 Å². The maximum absolute atomic E-state index is 5.86. The highest BCUT2D eigenvalue weighted by molar-refractivity contribution is 7.09. The van der Waals surface area contributed by atoms with E-state index in [1.165, 1.54) is 0 Å². The van der Waals surface area contributed by atoms with Gasteiger partial charge in [-0.25, -0.2) is 4.98 Å². The first-order valence-corrected chi connectivity index (χ1v) is 7.18. The topological polar surface area (TPSA) is 48.1 Å². The van der Waals surface area contributed by atoms with Crippen LogP contribution in [0.4, 0.5) is 5.69 Å². The summed E-state index contributed by atoms with van der Waals surface area (Å²) in [5.74, 6) is 0.826. The lowest BCUT2D eigenvalue weighted by Crippen LogP contribution is -2.11. The van der Waals surface area contributed by atoms with Crippen molar-refractivity contribution in [3.8, 4) is 5.75 Å². The van der Waals surface area contributed by atoms with Gasteiger partial charge in [0, 0.05) is 22.0 Å². The number of thiazole rings is 1. The predicted octanol–water partition coefficient (Wildman–Crippen LogP) is 3.91. The van der Waals surface area contributed by atoms with E-state index >= 15 is 0 Å². The van der Waals surface area contributed by atoms with Crippen molar-refractivity contribution in [3.63, 3.8) is 0 Å². The van der Waals surface area contributed by atoms with E-state index in [-0.39, 0.29) is 5.41 Å². The molecule has 1 aromatic heterocycles. The molecular weight excluding hydrogens is 256 g/mol. The van der Waals surface area contributed by atoms with Gasteiger partial charge in [-0.1, -0.05) is 26.8 Å². The Balaban J connectivity index is 2.07. The van der Waals surface area contributed by atoms with Gasteiger partial charge in [-0.2, -0.15) is 0 Å². The second kappa shape index (κ2) is 5.21. The van der Waals surface area contributed by atoms with Gasteiger partial charge in [0.1, 0.15) is 17.4 Å². The Kier molecular flexibility index (Phi) is 3.80. The molecule has 0 radical (unpaired) electrons. The zero-order valence-corrected chi connectivity index (χ0v) is 12.7. The fraction of sp³-hybridized carbons (Fsp3) is 0.400. The summed E-state index contributed by atoms with van der Waals surface area (Å²) in [4.78, 5) is 4.61. The number of benzene rings is 1.